The van der Waals surface area contributed by atoms with Crippen LogP contribution < -0.4 is 10.1 Å². The van der Waals surface area contributed by atoms with Crippen molar-refractivity contribution in [1.82, 2.24) is 9.97 Å². The first-order valence-corrected chi connectivity index (χ1v) is 9.78. The van der Waals surface area contributed by atoms with Crippen LogP contribution in [0.1, 0.15) is 15.9 Å². The van der Waals surface area contributed by atoms with Crippen molar-refractivity contribution in [1.29, 1.82) is 0 Å². The molecule has 1 N–H and O–H groups in total. The number of carbonyl (C=O) groups is 2. The number of para-hydroxylation sites is 1. The van der Waals surface area contributed by atoms with Crippen LogP contribution in [0.3, 0.4) is 0 Å². The van der Waals surface area contributed by atoms with Crippen LogP contribution in [-0.2, 0) is 4.74 Å². The number of hydrogen-bond donors (Lipinski definition) is 1. The number of aromatic nitrogens is 2. The number of rotatable bonds is 5. The monoisotopic (exact) mass is 411 g/mol. The maximum atomic E-state index is 12.9. The normalized spacial score (nSPS) is 11.7. The third-order valence-corrected chi connectivity index (χ3v) is 5.04. The van der Waals surface area contributed by atoms with Crippen LogP contribution in [0.4, 0.5) is 10.5 Å². The van der Waals surface area contributed by atoms with Gasteiger partial charge in [0.1, 0.15) is 18.7 Å². The zero-order valence-corrected chi connectivity index (χ0v) is 16.4. The average molecular weight is 411 g/mol. The van der Waals surface area contributed by atoms with Crippen molar-refractivity contribution in [2.45, 2.75) is 0 Å². The molecule has 0 saturated heterocycles. The molecule has 1 heterocycles. The van der Waals surface area contributed by atoms with Crippen LogP contribution in [-0.4, -0.2) is 35.1 Å². The third kappa shape index (κ3) is 3.46. The predicted octanol–water partition coefficient (Wildman–Crippen LogP) is 4.47. The molecule has 0 saturated carbocycles. The van der Waals surface area contributed by atoms with Crippen LogP contribution >= 0.6 is 0 Å². The highest BCUT2D eigenvalue weighted by molar-refractivity contribution is 6.25. The van der Waals surface area contributed by atoms with Gasteiger partial charge in [-0.3, -0.25) is 4.79 Å². The fourth-order valence-corrected chi connectivity index (χ4v) is 3.68. The number of hydrogen-bond acceptors (Lipinski definition) is 7. The molecule has 0 amide bonds. The predicted molar refractivity (Wildman–Crippen MR) is 115 cm³/mol. The molecule has 31 heavy (non-hydrogen) atoms. The highest BCUT2D eigenvalue weighted by Gasteiger charge is 2.27. The second kappa shape index (κ2) is 7.87. The van der Waals surface area contributed by atoms with Gasteiger partial charge in [0.05, 0.1) is 16.9 Å². The van der Waals surface area contributed by atoms with E-state index in [1.165, 1.54) is 6.33 Å². The zero-order valence-electron chi connectivity index (χ0n) is 16.4. The fourth-order valence-electron chi connectivity index (χ4n) is 3.68. The molecular weight excluding hydrogens is 394 g/mol. The van der Waals surface area contributed by atoms with Gasteiger partial charge in [-0.1, -0.05) is 42.5 Å². The first kappa shape index (κ1) is 18.7. The summed E-state index contributed by atoms with van der Waals surface area (Å²) in [7, 11) is 0. The molecule has 1 aliphatic carbocycles. The Morgan fingerprint density at radius 3 is 2.48 bits per heavy atom. The Bertz CT molecular complexity index is 1300. The summed E-state index contributed by atoms with van der Waals surface area (Å²) in [5.41, 5.74) is 4.14. The lowest BCUT2D eigenvalue weighted by atomic mass is 9.86. The molecule has 1 aliphatic rings. The lowest BCUT2D eigenvalue weighted by Crippen LogP contribution is -2.17. The summed E-state index contributed by atoms with van der Waals surface area (Å²) < 4.78 is 10.2. The third-order valence-electron chi connectivity index (χ3n) is 5.04. The topological polar surface area (TPSA) is 90.4 Å². The molecule has 7 nitrogen and oxygen atoms in total. The zero-order chi connectivity index (χ0) is 21.2. The number of benzene rings is 3. The summed E-state index contributed by atoms with van der Waals surface area (Å²) in [5, 5.41) is 3.94. The first-order chi connectivity index (χ1) is 15.2. The van der Waals surface area contributed by atoms with Crippen LogP contribution in [0.15, 0.2) is 73.1 Å². The highest BCUT2D eigenvalue weighted by Crippen LogP contribution is 2.39. The maximum Gasteiger partial charge on any atom is 0.513 e. The van der Waals surface area contributed by atoms with Crippen LogP contribution in [0.25, 0.3) is 22.2 Å². The van der Waals surface area contributed by atoms with E-state index in [4.69, 9.17) is 9.47 Å². The van der Waals surface area contributed by atoms with Gasteiger partial charge in [0, 0.05) is 28.6 Å². The number of fused-ring (bicyclic) bond motifs is 2. The van der Waals surface area contributed by atoms with Gasteiger partial charge in [0.2, 0.25) is 0 Å². The number of ketones is 1. The van der Waals surface area contributed by atoms with Crippen molar-refractivity contribution in [3.05, 3.63) is 84.2 Å². The van der Waals surface area contributed by atoms with E-state index in [0.717, 1.165) is 22.3 Å². The first-order valence-electron chi connectivity index (χ1n) is 9.78. The molecule has 152 valence electrons. The molecular formula is C24H17N3O4. The van der Waals surface area contributed by atoms with E-state index in [2.05, 4.69) is 15.3 Å². The van der Waals surface area contributed by atoms with Gasteiger partial charge in [-0.25, -0.2) is 14.8 Å². The van der Waals surface area contributed by atoms with Crippen LogP contribution in [0.2, 0.25) is 0 Å². The number of anilines is 1. The van der Waals surface area contributed by atoms with Gasteiger partial charge in [-0.2, -0.15) is 0 Å². The largest absolute Gasteiger partial charge is 0.513 e. The molecule has 0 spiro atoms. The van der Waals surface area contributed by atoms with Crippen LogP contribution in [0.5, 0.6) is 5.75 Å². The summed E-state index contributed by atoms with van der Waals surface area (Å²) in [6, 6.07) is 19.7. The van der Waals surface area contributed by atoms with Gasteiger partial charge in [-0.15, -0.1) is 0 Å². The van der Waals surface area contributed by atoms with Crippen molar-refractivity contribution in [2.75, 3.05) is 18.5 Å². The average Bonchev–Trinajstić information content (AvgIpc) is 2.81. The van der Waals surface area contributed by atoms with Gasteiger partial charge < -0.3 is 14.8 Å². The molecule has 4 aromatic rings. The fraction of sp³-hybridized carbons (Fsp3) is 0.0833. The number of carbonyl (C=O) groups excluding carboxylic acids is 2. The minimum atomic E-state index is -0.769. The highest BCUT2D eigenvalue weighted by atomic mass is 16.7. The van der Waals surface area contributed by atoms with Crippen molar-refractivity contribution in [3.8, 4) is 17.0 Å². The second-order valence-electron chi connectivity index (χ2n) is 6.92. The molecule has 0 unspecified atom stereocenters. The van der Waals surface area contributed by atoms with Gasteiger partial charge in [-0.05, 0) is 24.3 Å². The van der Waals surface area contributed by atoms with Crippen molar-refractivity contribution in [3.63, 3.8) is 0 Å². The summed E-state index contributed by atoms with van der Waals surface area (Å²) in [6.07, 6.45) is 0.724. The molecule has 3 aromatic carbocycles. The number of ether oxygens (including phenoxy) is 2. The lowest BCUT2D eigenvalue weighted by Gasteiger charge is -2.19. The minimum absolute atomic E-state index is 0.0403. The Morgan fingerprint density at radius 2 is 1.65 bits per heavy atom. The summed E-state index contributed by atoms with van der Waals surface area (Å²) in [5.74, 6) is 0.382. The van der Waals surface area contributed by atoms with Gasteiger partial charge >= 0.3 is 6.16 Å². The van der Waals surface area contributed by atoms with Crippen molar-refractivity contribution >= 4 is 28.5 Å². The molecule has 0 atom stereocenters. The Balaban J connectivity index is 1.33. The van der Waals surface area contributed by atoms with E-state index in [9.17, 15) is 9.59 Å². The quantitative estimate of drug-likeness (QED) is 0.259. The number of nitrogens with one attached hydrogen (secondary N) is 1. The van der Waals surface area contributed by atoms with Crippen molar-refractivity contribution in [2.24, 2.45) is 0 Å². The van der Waals surface area contributed by atoms with E-state index in [1.807, 2.05) is 36.4 Å². The Labute approximate surface area is 177 Å². The Kier molecular flexibility index (Phi) is 4.76. The van der Waals surface area contributed by atoms with Gasteiger partial charge in [0.25, 0.3) is 0 Å². The summed E-state index contributed by atoms with van der Waals surface area (Å²) >= 11 is 0. The van der Waals surface area contributed by atoms with Crippen LogP contribution in [0, 0.1) is 0 Å². The SMILES string of the molecule is O=C(OCCNc1ccc2c3c(ncnc13)-c1ccccc1C2=O)Oc1ccccc1. The molecule has 5 rings (SSSR count). The lowest BCUT2D eigenvalue weighted by molar-refractivity contribution is 0.102. The second-order valence-corrected chi connectivity index (χ2v) is 6.92. The van der Waals surface area contributed by atoms with E-state index in [0.29, 0.717) is 28.9 Å². The molecule has 0 aliphatic heterocycles. The summed E-state index contributed by atoms with van der Waals surface area (Å²) in [6.45, 7) is 0.455. The van der Waals surface area contributed by atoms with Crippen molar-refractivity contribution < 1.29 is 19.1 Å². The Morgan fingerprint density at radius 1 is 0.871 bits per heavy atom. The van der Waals surface area contributed by atoms with Gasteiger partial charge in [0.15, 0.2) is 5.78 Å². The maximum absolute atomic E-state index is 12.9. The smallest absolute Gasteiger partial charge is 0.432 e. The molecule has 0 radical (unpaired) electrons. The summed E-state index contributed by atoms with van der Waals surface area (Å²) in [4.78, 5) is 33.6. The number of nitrogens with zero attached hydrogens (tertiary/aromatic N) is 2. The Hall–Kier alpha value is -4.26. The van der Waals surface area contributed by atoms with E-state index >= 15 is 0 Å². The minimum Gasteiger partial charge on any atom is -0.432 e. The molecule has 0 bridgehead atoms. The molecule has 0 fully saturated rings. The van der Waals surface area contributed by atoms with E-state index in [-0.39, 0.29) is 12.4 Å². The van der Waals surface area contributed by atoms with E-state index < -0.39 is 6.16 Å². The molecule has 7 heteroatoms. The standard InChI is InChI=1S/C24H17N3O4/c28-23-17-9-5-4-8-16(17)21-20-18(23)10-11-19(22(20)27-14-26-21)25-12-13-30-24(29)31-15-6-2-1-3-7-15/h1-11,14,25H,12-13H2. The molecule has 1 aromatic heterocycles. The van der Waals surface area contributed by atoms with E-state index in [1.54, 1.807) is 30.3 Å².